The highest BCUT2D eigenvalue weighted by Crippen LogP contribution is 2.16. The molecule has 0 atom stereocenters. The molecular formula is C11H9ClN2. The van der Waals surface area contributed by atoms with Crippen molar-refractivity contribution in [3.63, 3.8) is 0 Å². The zero-order valence-corrected chi connectivity index (χ0v) is 8.20. The number of aromatic nitrogens is 1. The maximum atomic E-state index is 5.77. The molecule has 0 unspecified atom stereocenters. The van der Waals surface area contributed by atoms with Gasteiger partial charge in [-0.1, -0.05) is 17.7 Å². The lowest BCUT2D eigenvalue weighted by Crippen LogP contribution is -1.91. The van der Waals surface area contributed by atoms with E-state index >= 15 is 0 Å². The molecule has 0 saturated heterocycles. The fourth-order valence-corrected chi connectivity index (χ4v) is 1.24. The van der Waals surface area contributed by atoms with Gasteiger partial charge in [-0.25, -0.2) is 4.98 Å². The zero-order valence-electron chi connectivity index (χ0n) is 7.44. The first kappa shape index (κ1) is 9.03. The van der Waals surface area contributed by atoms with Crippen molar-refractivity contribution in [2.45, 2.75) is 0 Å². The van der Waals surface area contributed by atoms with Gasteiger partial charge in [-0.3, -0.25) is 0 Å². The van der Waals surface area contributed by atoms with Crippen LogP contribution in [0.2, 0.25) is 5.02 Å². The van der Waals surface area contributed by atoms with Gasteiger partial charge in [-0.2, -0.15) is 0 Å². The van der Waals surface area contributed by atoms with Crippen molar-refractivity contribution < 1.29 is 0 Å². The Hall–Kier alpha value is -1.54. The van der Waals surface area contributed by atoms with E-state index in [2.05, 4.69) is 10.3 Å². The van der Waals surface area contributed by atoms with Crippen LogP contribution >= 0.6 is 11.6 Å². The number of rotatable bonds is 2. The monoisotopic (exact) mass is 204 g/mol. The lowest BCUT2D eigenvalue weighted by molar-refractivity contribution is 1.31. The smallest absolute Gasteiger partial charge is 0.130 e. The molecule has 2 aromatic rings. The van der Waals surface area contributed by atoms with E-state index in [0.717, 1.165) is 16.5 Å². The van der Waals surface area contributed by atoms with Gasteiger partial charge in [0.05, 0.1) is 0 Å². The molecule has 0 aliphatic carbocycles. The Morgan fingerprint density at radius 1 is 1.00 bits per heavy atom. The molecule has 0 bridgehead atoms. The fraction of sp³-hybridized carbons (Fsp3) is 0. The van der Waals surface area contributed by atoms with Crippen molar-refractivity contribution in [3.05, 3.63) is 53.7 Å². The summed E-state index contributed by atoms with van der Waals surface area (Å²) in [5, 5.41) is 3.89. The minimum absolute atomic E-state index is 0.733. The molecule has 1 N–H and O–H groups in total. The zero-order chi connectivity index (χ0) is 9.80. The molecule has 0 radical (unpaired) electrons. The van der Waals surface area contributed by atoms with E-state index in [4.69, 9.17) is 11.6 Å². The Morgan fingerprint density at radius 3 is 2.43 bits per heavy atom. The van der Waals surface area contributed by atoms with Crippen LogP contribution in [0.4, 0.5) is 11.5 Å². The summed E-state index contributed by atoms with van der Waals surface area (Å²) in [6, 6.07) is 13.2. The molecule has 14 heavy (non-hydrogen) atoms. The van der Waals surface area contributed by atoms with Gasteiger partial charge < -0.3 is 5.32 Å². The van der Waals surface area contributed by atoms with Crippen LogP contribution in [0.3, 0.4) is 0 Å². The average Bonchev–Trinajstić information content (AvgIpc) is 2.23. The van der Waals surface area contributed by atoms with E-state index in [-0.39, 0.29) is 0 Å². The van der Waals surface area contributed by atoms with Crippen molar-refractivity contribution in [1.29, 1.82) is 0 Å². The topological polar surface area (TPSA) is 24.9 Å². The van der Waals surface area contributed by atoms with Gasteiger partial charge in [-0.05, 0) is 36.4 Å². The third-order valence-electron chi connectivity index (χ3n) is 1.78. The van der Waals surface area contributed by atoms with E-state index in [1.165, 1.54) is 0 Å². The lowest BCUT2D eigenvalue weighted by atomic mass is 10.3. The van der Waals surface area contributed by atoms with Crippen molar-refractivity contribution in [3.8, 4) is 0 Å². The van der Waals surface area contributed by atoms with Crippen molar-refractivity contribution in [2.75, 3.05) is 5.32 Å². The van der Waals surface area contributed by atoms with Crippen LogP contribution in [-0.2, 0) is 0 Å². The van der Waals surface area contributed by atoms with E-state index in [1.807, 2.05) is 42.5 Å². The second-order valence-electron chi connectivity index (χ2n) is 2.85. The highest BCUT2D eigenvalue weighted by Gasteiger charge is 1.93. The molecule has 0 saturated carbocycles. The number of halogens is 1. The Bertz CT molecular complexity index is 397. The maximum Gasteiger partial charge on any atom is 0.130 e. The molecule has 0 amide bonds. The van der Waals surface area contributed by atoms with Crippen LogP contribution in [0.1, 0.15) is 0 Å². The lowest BCUT2D eigenvalue weighted by Gasteiger charge is -2.04. The molecule has 0 fully saturated rings. The van der Waals surface area contributed by atoms with Gasteiger partial charge >= 0.3 is 0 Å². The van der Waals surface area contributed by atoms with E-state index in [0.29, 0.717) is 0 Å². The van der Waals surface area contributed by atoms with Crippen LogP contribution in [0, 0.1) is 0 Å². The number of anilines is 2. The van der Waals surface area contributed by atoms with Crippen LogP contribution in [0.5, 0.6) is 0 Å². The Kier molecular flexibility index (Phi) is 2.65. The maximum absolute atomic E-state index is 5.77. The Labute approximate surface area is 87.6 Å². The largest absolute Gasteiger partial charge is 0.340 e. The van der Waals surface area contributed by atoms with Crippen molar-refractivity contribution >= 4 is 23.1 Å². The summed E-state index contributed by atoms with van der Waals surface area (Å²) in [6.45, 7) is 0. The molecule has 1 aromatic carbocycles. The quantitative estimate of drug-likeness (QED) is 0.810. The third-order valence-corrected chi connectivity index (χ3v) is 2.03. The van der Waals surface area contributed by atoms with Crippen LogP contribution in [0.15, 0.2) is 48.7 Å². The summed E-state index contributed by atoms with van der Waals surface area (Å²) in [4.78, 5) is 4.15. The van der Waals surface area contributed by atoms with Gasteiger partial charge in [0.15, 0.2) is 0 Å². The number of nitrogens with zero attached hydrogens (tertiary/aromatic N) is 1. The summed E-state index contributed by atoms with van der Waals surface area (Å²) >= 11 is 5.77. The molecule has 2 rings (SSSR count). The average molecular weight is 205 g/mol. The molecule has 0 spiro atoms. The highest BCUT2D eigenvalue weighted by atomic mass is 35.5. The van der Waals surface area contributed by atoms with Gasteiger partial charge in [0.1, 0.15) is 5.82 Å². The predicted octanol–water partition coefficient (Wildman–Crippen LogP) is 3.48. The minimum Gasteiger partial charge on any atom is -0.340 e. The van der Waals surface area contributed by atoms with Crippen molar-refractivity contribution in [1.82, 2.24) is 4.98 Å². The number of nitrogens with one attached hydrogen (secondary N) is 1. The second-order valence-corrected chi connectivity index (χ2v) is 3.28. The first-order valence-electron chi connectivity index (χ1n) is 4.28. The molecule has 1 aromatic heterocycles. The summed E-state index contributed by atoms with van der Waals surface area (Å²) < 4.78 is 0. The van der Waals surface area contributed by atoms with E-state index < -0.39 is 0 Å². The number of benzene rings is 1. The summed E-state index contributed by atoms with van der Waals surface area (Å²) in [5.41, 5.74) is 0.980. The van der Waals surface area contributed by atoms with Gasteiger partial charge in [0.2, 0.25) is 0 Å². The first-order chi connectivity index (χ1) is 6.84. The van der Waals surface area contributed by atoms with Crippen LogP contribution in [-0.4, -0.2) is 4.98 Å². The SMILES string of the molecule is Clc1ccc(Nc2ccccn2)cc1. The normalized spacial score (nSPS) is 9.79. The summed E-state index contributed by atoms with van der Waals surface area (Å²) in [6.07, 6.45) is 1.75. The number of hydrogen-bond donors (Lipinski definition) is 1. The highest BCUT2D eigenvalue weighted by molar-refractivity contribution is 6.30. The minimum atomic E-state index is 0.733. The Balaban J connectivity index is 2.16. The van der Waals surface area contributed by atoms with E-state index in [1.54, 1.807) is 6.20 Å². The van der Waals surface area contributed by atoms with Gasteiger partial charge in [0, 0.05) is 16.9 Å². The second kappa shape index (κ2) is 4.11. The van der Waals surface area contributed by atoms with Crippen molar-refractivity contribution in [2.24, 2.45) is 0 Å². The number of hydrogen-bond acceptors (Lipinski definition) is 2. The molecule has 2 nitrogen and oxygen atoms in total. The number of pyridine rings is 1. The fourth-order valence-electron chi connectivity index (χ4n) is 1.12. The van der Waals surface area contributed by atoms with E-state index in [9.17, 15) is 0 Å². The summed E-state index contributed by atoms with van der Waals surface area (Å²) in [5.74, 6) is 0.829. The summed E-state index contributed by atoms with van der Waals surface area (Å²) in [7, 11) is 0. The predicted molar refractivity (Wildman–Crippen MR) is 59.0 cm³/mol. The van der Waals surface area contributed by atoms with Crippen LogP contribution < -0.4 is 5.32 Å². The molecule has 0 aliphatic heterocycles. The third kappa shape index (κ3) is 2.24. The van der Waals surface area contributed by atoms with Gasteiger partial charge in [-0.15, -0.1) is 0 Å². The molecule has 1 heterocycles. The standard InChI is InChI=1S/C11H9ClN2/c12-9-4-6-10(7-5-9)14-11-3-1-2-8-13-11/h1-8H,(H,13,14). The molecule has 0 aliphatic rings. The van der Waals surface area contributed by atoms with Gasteiger partial charge in [0.25, 0.3) is 0 Å². The molecule has 3 heteroatoms. The first-order valence-corrected chi connectivity index (χ1v) is 4.66. The Morgan fingerprint density at radius 2 is 1.79 bits per heavy atom. The molecular weight excluding hydrogens is 196 g/mol. The van der Waals surface area contributed by atoms with Crippen LogP contribution in [0.25, 0.3) is 0 Å². The molecule has 70 valence electrons.